The smallest absolute Gasteiger partial charge is 0.0261 e. The highest BCUT2D eigenvalue weighted by atomic mass is 14.9. The summed E-state index contributed by atoms with van der Waals surface area (Å²) in [5.41, 5.74) is 1.22. The topological polar surface area (TPSA) is 12.0 Å². The van der Waals surface area contributed by atoms with Gasteiger partial charge >= 0.3 is 0 Å². The van der Waals surface area contributed by atoms with Gasteiger partial charge in [0.1, 0.15) is 0 Å². The van der Waals surface area contributed by atoms with Crippen LogP contribution in [0.3, 0.4) is 0 Å². The van der Waals surface area contributed by atoms with E-state index < -0.39 is 0 Å². The molecule has 1 fully saturated rings. The Balaban J connectivity index is 2.30. The molecule has 1 atom stereocenters. The van der Waals surface area contributed by atoms with Crippen molar-refractivity contribution in [1.29, 1.82) is 0 Å². The number of allylic oxidation sites excluding steroid dienone is 2. The van der Waals surface area contributed by atoms with E-state index in [0.29, 0.717) is 6.04 Å². The van der Waals surface area contributed by atoms with Gasteiger partial charge in [-0.05, 0) is 32.1 Å². The van der Waals surface area contributed by atoms with Gasteiger partial charge in [-0.2, -0.15) is 0 Å². The van der Waals surface area contributed by atoms with Crippen LogP contribution in [0, 0.1) is 0 Å². The number of nitrogens with one attached hydrogen (secondary N) is 1. The zero-order valence-corrected chi connectivity index (χ0v) is 7.81. The Hall–Kier alpha value is -0.720. The highest BCUT2D eigenvalue weighted by molar-refractivity contribution is 4.96. The van der Waals surface area contributed by atoms with Gasteiger partial charge in [-0.15, -0.1) is 6.58 Å². The summed E-state index contributed by atoms with van der Waals surface area (Å²) in [6.07, 6.45) is 9.42. The summed E-state index contributed by atoms with van der Waals surface area (Å²) in [5.74, 6) is 0. The first-order valence-corrected chi connectivity index (χ1v) is 4.88. The van der Waals surface area contributed by atoms with Crippen LogP contribution in [0.15, 0.2) is 24.9 Å². The molecule has 12 heavy (non-hydrogen) atoms. The Bertz CT molecular complexity index is 160. The van der Waals surface area contributed by atoms with Crippen LogP contribution in [-0.2, 0) is 0 Å². The average molecular weight is 165 g/mol. The van der Waals surface area contributed by atoms with Crippen LogP contribution in [0.25, 0.3) is 0 Å². The van der Waals surface area contributed by atoms with Crippen molar-refractivity contribution in [2.75, 3.05) is 0 Å². The Kier molecular flexibility index (Phi) is 3.92. The first kappa shape index (κ1) is 9.37. The predicted molar refractivity (Wildman–Crippen MR) is 54.0 cm³/mol. The molecule has 1 aliphatic heterocycles. The summed E-state index contributed by atoms with van der Waals surface area (Å²) in [6, 6.07) is 0.651. The van der Waals surface area contributed by atoms with E-state index in [2.05, 4.69) is 18.5 Å². The molecule has 1 heteroatoms. The first-order valence-electron chi connectivity index (χ1n) is 4.88. The number of hydrogen-bond acceptors (Lipinski definition) is 1. The fourth-order valence-corrected chi connectivity index (χ4v) is 1.70. The minimum Gasteiger partial charge on any atom is -0.386 e. The van der Waals surface area contributed by atoms with Crippen molar-refractivity contribution in [1.82, 2.24) is 5.32 Å². The lowest BCUT2D eigenvalue weighted by atomic mass is 10.1. The van der Waals surface area contributed by atoms with Crippen molar-refractivity contribution in [3.8, 4) is 0 Å². The molecule has 1 N–H and O–H groups in total. The molecule has 0 aliphatic carbocycles. The van der Waals surface area contributed by atoms with E-state index in [4.69, 9.17) is 0 Å². The fourth-order valence-electron chi connectivity index (χ4n) is 1.70. The van der Waals surface area contributed by atoms with Crippen molar-refractivity contribution < 1.29 is 0 Å². The van der Waals surface area contributed by atoms with Crippen LogP contribution in [0.1, 0.15) is 38.5 Å². The third-order valence-electron chi connectivity index (χ3n) is 2.41. The molecule has 1 unspecified atom stereocenters. The van der Waals surface area contributed by atoms with E-state index in [1.807, 2.05) is 6.08 Å². The predicted octanol–water partition coefficient (Wildman–Crippen LogP) is 3.00. The molecule has 0 radical (unpaired) electrons. The lowest BCUT2D eigenvalue weighted by Crippen LogP contribution is -2.25. The maximum atomic E-state index is 4.00. The third kappa shape index (κ3) is 3.12. The normalized spacial score (nSPS) is 24.3. The van der Waals surface area contributed by atoms with Crippen LogP contribution < -0.4 is 5.32 Å². The summed E-state index contributed by atoms with van der Waals surface area (Å²) < 4.78 is 0. The van der Waals surface area contributed by atoms with Crippen LogP contribution in [0.4, 0.5) is 0 Å². The SMILES string of the molecule is C=CCCC1CCCCC(=C)N1. The Labute approximate surface area is 75.6 Å². The van der Waals surface area contributed by atoms with Crippen LogP contribution in [0.2, 0.25) is 0 Å². The molecule has 0 amide bonds. The monoisotopic (exact) mass is 165 g/mol. The van der Waals surface area contributed by atoms with Gasteiger partial charge in [0.05, 0.1) is 0 Å². The van der Waals surface area contributed by atoms with Gasteiger partial charge in [0, 0.05) is 11.7 Å². The van der Waals surface area contributed by atoms with Gasteiger partial charge in [0.2, 0.25) is 0 Å². The average Bonchev–Trinajstić information content (AvgIpc) is 2.26. The molecule has 68 valence electrons. The van der Waals surface area contributed by atoms with E-state index in [-0.39, 0.29) is 0 Å². The maximum absolute atomic E-state index is 4.00. The van der Waals surface area contributed by atoms with Crippen molar-refractivity contribution in [2.24, 2.45) is 0 Å². The zero-order chi connectivity index (χ0) is 8.81. The standard InChI is InChI=1S/C11H19N/c1-3-4-8-11-9-6-5-7-10(2)12-11/h3,11-12H,1-2,4-9H2. The second-order valence-corrected chi connectivity index (χ2v) is 3.56. The summed E-state index contributed by atoms with van der Waals surface area (Å²) in [4.78, 5) is 0. The molecule has 0 bridgehead atoms. The van der Waals surface area contributed by atoms with Crippen molar-refractivity contribution in [3.05, 3.63) is 24.9 Å². The number of rotatable bonds is 3. The van der Waals surface area contributed by atoms with Gasteiger partial charge in [-0.3, -0.25) is 0 Å². The second kappa shape index (κ2) is 5.02. The first-order chi connectivity index (χ1) is 5.83. The van der Waals surface area contributed by atoms with Gasteiger partial charge in [0.15, 0.2) is 0 Å². The lowest BCUT2D eigenvalue weighted by Gasteiger charge is -2.16. The minimum atomic E-state index is 0.651. The van der Waals surface area contributed by atoms with E-state index in [1.54, 1.807) is 0 Å². The van der Waals surface area contributed by atoms with Crippen LogP contribution in [-0.4, -0.2) is 6.04 Å². The molecule has 1 saturated heterocycles. The molecule has 1 heterocycles. The van der Waals surface area contributed by atoms with Gasteiger partial charge in [0.25, 0.3) is 0 Å². The molecule has 1 nitrogen and oxygen atoms in total. The molecular weight excluding hydrogens is 146 g/mol. The maximum Gasteiger partial charge on any atom is 0.0261 e. The van der Waals surface area contributed by atoms with Crippen LogP contribution in [0.5, 0.6) is 0 Å². The van der Waals surface area contributed by atoms with E-state index in [1.165, 1.54) is 31.4 Å². The molecule has 1 aliphatic rings. The van der Waals surface area contributed by atoms with E-state index in [0.717, 1.165) is 12.8 Å². The minimum absolute atomic E-state index is 0.651. The molecule has 0 spiro atoms. The zero-order valence-electron chi connectivity index (χ0n) is 7.81. The Morgan fingerprint density at radius 2 is 2.33 bits per heavy atom. The highest BCUT2D eigenvalue weighted by Gasteiger charge is 2.11. The Morgan fingerprint density at radius 3 is 3.08 bits per heavy atom. The molecular formula is C11H19N. The third-order valence-corrected chi connectivity index (χ3v) is 2.41. The lowest BCUT2D eigenvalue weighted by molar-refractivity contribution is 0.505. The van der Waals surface area contributed by atoms with Crippen LogP contribution >= 0.6 is 0 Å². The highest BCUT2D eigenvalue weighted by Crippen LogP contribution is 2.16. The van der Waals surface area contributed by atoms with Gasteiger partial charge in [-0.25, -0.2) is 0 Å². The number of hydrogen-bond donors (Lipinski definition) is 1. The molecule has 0 saturated carbocycles. The molecule has 0 aromatic rings. The summed E-state index contributed by atoms with van der Waals surface area (Å²) in [7, 11) is 0. The summed E-state index contributed by atoms with van der Waals surface area (Å²) in [5, 5.41) is 3.47. The quantitative estimate of drug-likeness (QED) is 0.634. The Morgan fingerprint density at radius 1 is 1.50 bits per heavy atom. The summed E-state index contributed by atoms with van der Waals surface area (Å²) in [6.45, 7) is 7.73. The van der Waals surface area contributed by atoms with Gasteiger partial charge < -0.3 is 5.32 Å². The largest absolute Gasteiger partial charge is 0.386 e. The second-order valence-electron chi connectivity index (χ2n) is 3.56. The molecule has 0 aromatic heterocycles. The fraction of sp³-hybridized carbons (Fsp3) is 0.636. The van der Waals surface area contributed by atoms with Crippen molar-refractivity contribution in [3.63, 3.8) is 0 Å². The van der Waals surface area contributed by atoms with E-state index >= 15 is 0 Å². The summed E-state index contributed by atoms with van der Waals surface area (Å²) >= 11 is 0. The van der Waals surface area contributed by atoms with Crippen molar-refractivity contribution in [2.45, 2.75) is 44.6 Å². The molecule has 1 rings (SSSR count). The van der Waals surface area contributed by atoms with Crippen molar-refractivity contribution >= 4 is 0 Å². The van der Waals surface area contributed by atoms with E-state index in [9.17, 15) is 0 Å². The molecule has 0 aromatic carbocycles. The van der Waals surface area contributed by atoms with Gasteiger partial charge in [-0.1, -0.05) is 19.1 Å².